The molecule has 4 rings (SSSR count). The number of hydrogen-bond donors (Lipinski definition) is 2. The molecular weight excluding hydrogens is 449 g/mol. The number of anilines is 1. The standard InChI is InChI=1S/C27H26FN3O4/c1-14-11-18(9-10-21(14)28)29-26(34)23-15(2)24(31(4)16(23)3)25(33)27(35)30-22-13-19(32)12-17-7-5-6-8-20(17)22/h5-11,22H,12-13H2,1-4H3,(H,29,34)(H,30,35). The number of nitrogens with one attached hydrogen (secondary N) is 2. The molecule has 0 radical (unpaired) electrons. The van der Waals surface area contributed by atoms with E-state index in [4.69, 9.17) is 0 Å². The Morgan fingerprint density at radius 1 is 1.06 bits per heavy atom. The van der Waals surface area contributed by atoms with Crippen LogP contribution in [0.15, 0.2) is 42.5 Å². The Morgan fingerprint density at radius 2 is 1.77 bits per heavy atom. The number of nitrogens with zero attached hydrogens (tertiary/aromatic N) is 1. The number of hydrogen-bond acceptors (Lipinski definition) is 4. The highest BCUT2D eigenvalue weighted by Gasteiger charge is 2.32. The Balaban J connectivity index is 1.58. The average Bonchev–Trinajstić information content (AvgIpc) is 3.03. The van der Waals surface area contributed by atoms with E-state index in [1.807, 2.05) is 24.3 Å². The van der Waals surface area contributed by atoms with Crippen LogP contribution in [0.2, 0.25) is 0 Å². The van der Waals surface area contributed by atoms with Crippen molar-refractivity contribution in [3.05, 3.63) is 87.5 Å². The first-order chi connectivity index (χ1) is 16.6. The van der Waals surface area contributed by atoms with Crippen molar-refractivity contribution >= 4 is 29.1 Å². The zero-order chi connectivity index (χ0) is 25.4. The van der Waals surface area contributed by atoms with Crippen LogP contribution in [0.3, 0.4) is 0 Å². The van der Waals surface area contributed by atoms with Gasteiger partial charge >= 0.3 is 0 Å². The van der Waals surface area contributed by atoms with E-state index in [1.165, 1.54) is 22.8 Å². The highest BCUT2D eigenvalue weighted by molar-refractivity contribution is 6.43. The Hall–Kier alpha value is -4.07. The lowest BCUT2D eigenvalue weighted by molar-refractivity contribution is -0.120. The molecule has 1 unspecified atom stereocenters. The third kappa shape index (κ3) is 4.51. The number of Topliss-reactive ketones (excluding diaryl/α,β-unsaturated/α-hetero) is 2. The van der Waals surface area contributed by atoms with Crippen molar-refractivity contribution in [2.24, 2.45) is 7.05 Å². The van der Waals surface area contributed by atoms with Gasteiger partial charge < -0.3 is 15.2 Å². The van der Waals surface area contributed by atoms with E-state index in [-0.39, 0.29) is 29.3 Å². The van der Waals surface area contributed by atoms with Crippen molar-refractivity contribution in [1.82, 2.24) is 9.88 Å². The number of amides is 2. The largest absolute Gasteiger partial charge is 0.344 e. The molecule has 0 fully saturated rings. The van der Waals surface area contributed by atoms with Gasteiger partial charge in [-0.1, -0.05) is 24.3 Å². The Labute approximate surface area is 202 Å². The van der Waals surface area contributed by atoms with Crippen LogP contribution in [0, 0.1) is 26.6 Å². The topological polar surface area (TPSA) is 97.3 Å². The summed E-state index contributed by atoms with van der Waals surface area (Å²) in [6.45, 7) is 4.89. The van der Waals surface area contributed by atoms with Gasteiger partial charge in [0.25, 0.3) is 17.6 Å². The molecule has 35 heavy (non-hydrogen) atoms. The number of ketones is 2. The van der Waals surface area contributed by atoms with Gasteiger partial charge in [0.05, 0.1) is 17.3 Å². The molecule has 2 N–H and O–H groups in total. The number of fused-ring (bicyclic) bond motifs is 1. The molecule has 1 heterocycles. The molecule has 7 nitrogen and oxygen atoms in total. The smallest absolute Gasteiger partial charge is 0.294 e. The summed E-state index contributed by atoms with van der Waals surface area (Å²) in [7, 11) is 1.61. The molecule has 0 spiro atoms. The van der Waals surface area contributed by atoms with Crippen LogP contribution < -0.4 is 10.6 Å². The van der Waals surface area contributed by atoms with Crippen molar-refractivity contribution in [3.63, 3.8) is 0 Å². The van der Waals surface area contributed by atoms with E-state index in [0.717, 1.165) is 11.1 Å². The average molecular weight is 476 g/mol. The molecule has 1 atom stereocenters. The summed E-state index contributed by atoms with van der Waals surface area (Å²) in [6, 6.07) is 11.0. The SMILES string of the molecule is Cc1cc(NC(=O)c2c(C)c(C(=O)C(=O)NC3CC(=O)Cc4ccccc43)n(C)c2C)ccc1F. The maximum Gasteiger partial charge on any atom is 0.294 e. The van der Waals surface area contributed by atoms with Gasteiger partial charge in [-0.3, -0.25) is 19.2 Å². The Morgan fingerprint density at radius 3 is 2.49 bits per heavy atom. The molecule has 0 bridgehead atoms. The highest BCUT2D eigenvalue weighted by atomic mass is 19.1. The predicted octanol–water partition coefficient (Wildman–Crippen LogP) is 3.90. The first-order valence-corrected chi connectivity index (χ1v) is 11.3. The lowest BCUT2D eigenvalue weighted by Crippen LogP contribution is -2.38. The fourth-order valence-corrected chi connectivity index (χ4v) is 4.67. The second kappa shape index (κ2) is 9.29. The summed E-state index contributed by atoms with van der Waals surface area (Å²) in [6.07, 6.45) is 0.421. The molecule has 0 saturated carbocycles. The molecule has 0 aliphatic heterocycles. The van der Waals surface area contributed by atoms with Gasteiger partial charge in [-0.2, -0.15) is 0 Å². The van der Waals surface area contributed by atoms with E-state index in [2.05, 4.69) is 10.6 Å². The summed E-state index contributed by atoms with van der Waals surface area (Å²) >= 11 is 0. The third-order valence-corrected chi connectivity index (χ3v) is 6.55. The minimum absolute atomic E-state index is 0.0117. The number of rotatable bonds is 5. The number of aryl methyl sites for hydroxylation is 1. The summed E-state index contributed by atoms with van der Waals surface area (Å²) in [5, 5.41) is 5.44. The highest BCUT2D eigenvalue weighted by Crippen LogP contribution is 2.28. The molecule has 180 valence electrons. The zero-order valence-electron chi connectivity index (χ0n) is 20.0. The number of benzene rings is 2. The second-order valence-corrected chi connectivity index (χ2v) is 8.88. The Bertz CT molecular complexity index is 1390. The number of halogens is 1. The van der Waals surface area contributed by atoms with Gasteiger partial charge in [-0.15, -0.1) is 0 Å². The van der Waals surface area contributed by atoms with Gasteiger partial charge in [-0.05, 0) is 61.2 Å². The quantitative estimate of drug-likeness (QED) is 0.432. The van der Waals surface area contributed by atoms with E-state index in [0.29, 0.717) is 28.9 Å². The minimum Gasteiger partial charge on any atom is -0.344 e. The molecule has 1 aromatic heterocycles. The number of aromatic nitrogens is 1. The van der Waals surface area contributed by atoms with E-state index in [9.17, 15) is 23.6 Å². The Kier molecular flexibility index (Phi) is 6.39. The monoisotopic (exact) mass is 475 g/mol. The van der Waals surface area contributed by atoms with Crippen LogP contribution in [0.25, 0.3) is 0 Å². The molecule has 2 aromatic carbocycles. The molecule has 8 heteroatoms. The van der Waals surface area contributed by atoms with Gasteiger partial charge in [0.2, 0.25) is 0 Å². The van der Waals surface area contributed by atoms with Gasteiger partial charge in [0.15, 0.2) is 0 Å². The lowest BCUT2D eigenvalue weighted by Gasteiger charge is -2.25. The first kappa shape index (κ1) is 24.1. The second-order valence-electron chi connectivity index (χ2n) is 8.88. The minimum atomic E-state index is -0.843. The summed E-state index contributed by atoms with van der Waals surface area (Å²) in [4.78, 5) is 51.4. The molecule has 1 aliphatic rings. The van der Waals surface area contributed by atoms with Crippen molar-refractivity contribution in [1.29, 1.82) is 0 Å². The summed E-state index contributed by atoms with van der Waals surface area (Å²) in [5.41, 5.74) is 3.70. The first-order valence-electron chi connectivity index (χ1n) is 11.3. The van der Waals surface area contributed by atoms with Gasteiger partial charge in [0.1, 0.15) is 11.6 Å². The fourth-order valence-electron chi connectivity index (χ4n) is 4.67. The predicted molar refractivity (Wildman–Crippen MR) is 129 cm³/mol. The van der Waals surface area contributed by atoms with Crippen LogP contribution >= 0.6 is 0 Å². The fraction of sp³-hybridized carbons (Fsp3) is 0.259. The molecule has 0 saturated heterocycles. The van der Waals surface area contributed by atoms with Crippen molar-refractivity contribution in [3.8, 4) is 0 Å². The van der Waals surface area contributed by atoms with Crippen LogP contribution in [0.5, 0.6) is 0 Å². The van der Waals surface area contributed by atoms with E-state index >= 15 is 0 Å². The lowest BCUT2D eigenvalue weighted by atomic mass is 9.87. The normalized spacial score (nSPS) is 14.9. The number of carbonyl (C=O) groups is 4. The van der Waals surface area contributed by atoms with Crippen LogP contribution in [-0.2, 0) is 23.1 Å². The van der Waals surface area contributed by atoms with Crippen LogP contribution in [-0.4, -0.2) is 27.9 Å². The maximum absolute atomic E-state index is 13.6. The van der Waals surface area contributed by atoms with E-state index in [1.54, 1.807) is 27.8 Å². The van der Waals surface area contributed by atoms with Crippen molar-refractivity contribution < 1.29 is 23.6 Å². The third-order valence-electron chi connectivity index (χ3n) is 6.55. The van der Waals surface area contributed by atoms with Crippen LogP contribution in [0.1, 0.15) is 61.3 Å². The number of carbonyl (C=O) groups excluding carboxylic acids is 4. The molecule has 1 aliphatic carbocycles. The van der Waals surface area contributed by atoms with Crippen LogP contribution in [0.4, 0.5) is 10.1 Å². The van der Waals surface area contributed by atoms with Crippen molar-refractivity contribution in [2.75, 3.05) is 5.32 Å². The molecule has 3 aromatic rings. The molecule has 2 amide bonds. The summed E-state index contributed by atoms with van der Waals surface area (Å²) < 4.78 is 15.1. The van der Waals surface area contributed by atoms with Gasteiger partial charge in [-0.25, -0.2) is 4.39 Å². The zero-order valence-corrected chi connectivity index (χ0v) is 20.0. The van der Waals surface area contributed by atoms with Gasteiger partial charge in [0, 0.05) is 31.3 Å². The summed E-state index contributed by atoms with van der Waals surface area (Å²) in [5.74, 6) is -2.49. The molecular formula is C27H26FN3O4. The van der Waals surface area contributed by atoms with Crippen molar-refractivity contribution in [2.45, 2.75) is 39.7 Å². The maximum atomic E-state index is 13.6. The van der Waals surface area contributed by atoms with E-state index < -0.39 is 23.6 Å².